The van der Waals surface area contributed by atoms with E-state index < -0.39 is 11.8 Å². The van der Waals surface area contributed by atoms with Crippen molar-refractivity contribution in [1.82, 2.24) is 0 Å². The Balaban J connectivity index is 2.08. The van der Waals surface area contributed by atoms with Crippen LogP contribution in [-0.4, -0.2) is 13.1 Å². The Morgan fingerprint density at radius 3 is 2.95 bits per heavy atom. The Labute approximate surface area is 113 Å². The molecular weight excluding hydrogens is 269 g/mol. The second-order valence-electron chi connectivity index (χ2n) is 3.74. The molecule has 1 heterocycles. The minimum absolute atomic E-state index is 0.114. The van der Waals surface area contributed by atoms with E-state index in [1.165, 1.54) is 37.3 Å². The van der Waals surface area contributed by atoms with E-state index in [1.807, 2.05) is 0 Å². The van der Waals surface area contributed by atoms with Gasteiger partial charge < -0.3 is 14.9 Å². The molecule has 0 spiro atoms. The summed E-state index contributed by atoms with van der Waals surface area (Å²) in [7, 11) is 1.29. The third-order valence-electron chi connectivity index (χ3n) is 2.48. The van der Waals surface area contributed by atoms with Crippen molar-refractivity contribution in [3.63, 3.8) is 0 Å². The first-order valence-corrected chi connectivity index (χ1v) is 6.43. The number of methoxy groups -OCH3 is 1. The van der Waals surface area contributed by atoms with E-state index in [0.717, 1.165) is 4.90 Å². The van der Waals surface area contributed by atoms with Crippen LogP contribution in [0.1, 0.15) is 16.1 Å². The maximum absolute atomic E-state index is 13.3. The molecule has 4 nitrogen and oxygen atoms in total. The van der Waals surface area contributed by atoms with Gasteiger partial charge in [-0.25, -0.2) is 9.18 Å². The molecule has 0 atom stereocenters. The van der Waals surface area contributed by atoms with Gasteiger partial charge in [-0.2, -0.15) is 0 Å². The van der Waals surface area contributed by atoms with Crippen LogP contribution < -0.4 is 5.73 Å². The fourth-order valence-corrected chi connectivity index (χ4v) is 2.38. The number of nitrogens with two attached hydrogens (primary N) is 1. The van der Waals surface area contributed by atoms with Gasteiger partial charge >= 0.3 is 5.97 Å². The molecule has 0 bridgehead atoms. The first-order valence-electron chi connectivity index (χ1n) is 5.44. The van der Waals surface area contributed by atoms with Gasteiger partial charge in [-0.3, -0.25) is 0 Å². The summed E-state index contributed by atoms with van der Waals surface area (Å²) in [6, 6.07) is 6.28. The second kappa shape index (κ2) is 5.79. The molecule has 2 aromatic rings. The largest absolute Gasteiger partial charge is 0.463 e. The third kappa shape index (κ3) is 3.08. The zero-order chi connectivity index (χ0) is 13.8. The highest BCUT2D eigenvalue weighted by Crippen LogP contribution is 2.27. The molecule has 0 aliphatic rings. The van der Waals surface area contributed by atoms with E-state index in [-0.39, 0.29) is 11.4 Å². The number of nitrogen functional groups attached to an aromatic ring is 1. The Bertz CT molecular complexity index is 597. The van der Waals surface area contributed by atoms with Crippen LogP contribution in [0.25, 0.3) is 0 Å². The summed E-state index contributed by atoms with van der Waals surface area (Å²) in [6.07, 6.45) is 1.42. The second-order valence-corrected chi connectivity index (χ2v) is 4.79. The fraction of sp³-hybridized carbons (Fsp3) is 0.154. The number of hydrogen-bond acceptors (Lipinski definition) is 5. The number of hydrogen-bond donors (Lipinski definition) is 1. The standard InChI is InChI=1S/C13H12FNO3S/c1-17-13(16)12-8(4-5-18-12)7-19-9-2-3-11(15)10(14)6-9/h2-6H,7,15H2,1H3. The summed E-state index contributed by atoms with van der Waals surface area (Å²) in [5.41, 5.74) is 6.22. The molecule has 0 saturated carbocycles. The average molecular weight is 281 g/mol. The van der Waals surface area contributed by atoms with E-state index in [9.17, 15) is 9.18 Å². The summed E-state index contributed by atoms with van der Waals surface area (Å²) in [5.74, 6) is -0.329. The topological polar surface area (TPSA) is 65.5 Å². The van der Waals surface area contributed by atoms with Gasteiger partial charge in [0.15, 0.2) is 0 Å². The molecule has 0 amide bonds. The number of halogens is 1. The lowest BCUT2D eigenvalue weighted by Gasteiger charge is -2.03. The highest BCUT2D eigenvalue weighted by atomic mass is 32.2. The Morgan fingerprint density at radius 2 is 2.26 bits per heavy atom. The third-order valence-corrected chi connectivity index (χ3v) is 3.53. The average Bonchev–Trinajstić information content (AvgIpc) is 2.87. The molecular formula is C13H12FNO3S. The van der Waals surface area contributed by atoms with Crippen LogP contribution in [0.3, 0.4) is 0 Å². The summed E-state index contributed by atoms with van der Waals surface area (Å²) in [4.78, 5) is 12.1. The maximum atomic E-state index is 13.3. The van der Waals surface area contributed by atoms with Crippen molar-refractivity contribution in [1.29, 1.82) is 0 Å². The number of thioether (sulfide) groups is 1. The molecule has 0 saturated heterocycles. The summed E-state index contributed by atoms with van der Waals surface area (Å²) in [6.45, 7) is 0. The molecule has 2 N–H and O–H groups in total. The lowest BCUT2D eigenvalue weighted by molar-refractivity contribution is 0.0564. The predicted octanol–water partition coefficient (Wildman–Crippen LogP) is 3.08. The minimum Gasteiger partial charge on any atom is -0.463 e. The normalized spacial score (nSPS) is 10.4. The predicted molar refractivity (Wildman–Crippen MR) is 70.4 cm³/mol. The fourth-order valence-electron chi connectivity index (χ4n) is 1.48. The van der Waals surface area contributed by atoms with Crippen molar-refractivity contribution in [3.05, 3.63) is 47.7 Å². The number of benzene rings is 1. The van der Waals surface area contributed by atoms with Crippen molar-refractivity contribution in [2.75, 3.05) is 12.8 Å². The van der Waals surface area contributed by atoms with Gasteiger partial charge in [0.25, 0.3) is 0 Å². The first-order chi connectivity index (χ1) is 9.11. The van der Waals surface area contributed by atoms with Crippen LogP contribution in [0.5, 0.6) is 0 Å². The lowest BCUT2D eigenvalue weighted by atomic mass is 10.3. The lowest BCUT2D eigenvalue weighted by Crippen LogP contribution is -2.02. The monoisotopic (exact) mass is 281 g/mol. The zero-order valence-corrected chi connectivity index (χ0v) is 11.0. The number of carbonyl (C=O) groups excluding carboxylic acids is 1. The van der Waals surface area contributed by atoms with Gasteiger partial charge in [-0.05, 0) is 24.3 Å². The molecule has 0 unspecified atom stereocenters. The summed E-state index contributed by atoms with van der Waals surface area (Å²) < 4.78 is 22.9. The Morgan fingerprint density at radius 1 is 1.47 bits per heavy atom. The van der Waals surface area contributed by atoms with Crippen molar-refractivity contribution in [2.45, 2.75) is 10.6 Å². The number of carbonyl (C=O) groups is 1. The highest BCUT2D eigenvalue weighted by Gasteiger charge is 2.15. The molecule has 1 aromatic heterocycles. The van der Waals surface area contributed by atoms with Gasteiger partial charge in [0.1, 0.15) is 5.82 Å². The molecule has 100 valence electrons. The van der Waals surface area contributed by atoms with Crippen molar-refractivity contribution < 1.29 is 18.3 Å². The number of esters is 1. The highest BCUT2D eigenvalue weighted by molar-refractivity contribution is 7.98. The molecule has 19 heavy (non-hydrogen) atoms. The quantitative estimate of drug-likeness (QED) is 0.530. The van der Waals surface area contributed by atoms with E-state index in [4.69, 9.17) is 10.2 Å². The Hall–Kier alpha value is -1.95. The van der Waals surface area contributed by atoms with E-state index in [2.05, 4.69) is 4.74 Å². The van der Waals surface area contributed by atoms with Crippen molar-refractivity contribution in [2.24, 2.45) is 0 Å². The zero-order valence-electron chi connectivity index (χ0n) is 10.2. The summed E-state index contributed by atoms with van der Waals surface area (Å²) in [5, 5.41) is 0. The van der Waals surface area contributed by atoms with Crippen LogP contribution in [0, 0.1) is 5.82 Å². The maximum Gasteiger partial charge on any atom is 0.374 e. The molecule has 0 aliphatic heterocycles. The number of furan rings is 1. The van der Waals surface area contributed by atoms with Crippen LogP contribution in [0.4, 0.5) is 10.1 Å². The van der Waals surface area contributed by atoms with E-state index in [0.29, 0.717) is 11.3 Å². The smallest absolute Gasteiger partial charge is 0.374 e. The summed E-state index contributed by atoms with van der Waals surface area (Å²) >= 11 is 1.38. The van der Waals surface area contributed by atoms with Gasteiger partial charge in [0, 0.05) is 16.2 Å². The van der Waals surface area contributed by atoms with Gasteiger partial charge in [0.05, 0.1) is 19.1 Å². The number of rotatable bonds is 4. The van der Waals surface area contributed by atoms with Crippen molar-refractivity contribution in [3.8, 4) is 0 Å². The van der Waals surface area contributed by atoms with Crippen LogP contribution in [0.2, 0.25) is 0 Å². The molecule has 1 aromatic carbocycles. The van der Waals surface area contributed by atoms with Gasteiger partial charge in [0.2, 0.25) is 5.76 Å². The molecule has 2 rings (SSSR count). The van der Waals surface area contributed by atoms with Crippen LogP contribution in [0.15, 0.2) is 39.8 Å². The SMILES string of the molecule is COC(=O)c1occc1CSc1ccc(N)c(F)c1. The Kier molecular flexibility index (Phi) is 4.11. The molecule has 0 aliphatic carbocycles. The van der Waals surface area contributed by atoms with Gasteiger partial charge in [-0.15, -0.1) is 11.8 Å². The van der Waals surface area contributed by atoms with Crippen LogP contribution in [-0.2, 0) is 10.5 Å². The van der Waals surface area contributed by atoms with E-state index >= 15 is 0 Å². The number of ether oxygens (including phenoxy) is 1. The first kappa shape index (κ1) is 13.5. The number of anilines is 1. The molecule has 0 fully saturated rings. The van der Waals surface area contributed by atoms with E-state index in [1.54, 1.807) is 12.1 Å². The van der Waals surface area contributed by atoms with Crippen LogP contribution >= 0.6 is 11.8 Å². The molecule has 6 heteroatoms. The van der Waals surface area contributed by atoms with Gasteiger partial charge in [-0.1, -0.05) is 0 Å². The van der Waals surface area contributed by atoms with Crippen molar-refractivity contribution >= 4 is 23.4 Å². The molecule has 0 radical (unpaired) electrons. The minimum atomic E-state index is -0.524.